The van der Waals surface area contributed by atoms with E-state index in [0.29, 0.717) is 17.2 Å². The van der Waals surface area contributed by atoms with E-state index >= 15 is 0 Å². The molecule has 1 aliphatic heterocycles. The van der Waals surface area contributed by atoms with E-state index in [9.17, 15) is 9.59 Å². The second kappa shape index (κ2) is 6.32. The first-order valence-corrected chi connectivity index (χ1v) is 7.67. The highest BCUT2D eigenvalue weighted by molar-refractivity contribution is 5.94. The van der Waals surface area contributed by atoms with Gasteiger partial charge in [-0.1, -0.05) is 12.1 Å². The Labute approximate surface area is 134 Å². The number of esters is 1. The van der Waals surface area contributed by atoms with Crippen LogP contribution in [0.4, 0.5) is 4.79 Å². The van der Waals surface area contributed by atoms with Gasteiger partial charge in [0.25, 0.3) is 0 Å². The van der Waals surface area contributed by atoms with Gasteiger partial charge in [0.1, 0.15) is 12.4 Å². The first-order valence-electron chi connectivity index (χ1n) is 7.67. The standard InChI is InChI=1S/C17H20N2O4/c1-10-14(15(12-5-6-12)19-17(21)18-10)16(20)23-9-11-3-7-13(22-2)8-4-11/h3-4,7-8,12,15H,5-6,9H2,1-2H3,(H2,18,19,21). The van der Waals surface area contributed by atoms with Crippen LogP contribution in [0.3, 0.4) is 0 Å². The van der Waals surface area contributed by atoms with E-state index in [1.165, 1.54) is 0 Å². The Kier molecular flexibility index (Phi) is 4.23. The molecular formula is C17H20N2O4. The predicted molar refractivity (Wildman–Crippen MR) is 83.7 cm³/mol. The topological polar surface area (TPSA) is 76.7 Å². The van der Waals surface area contributed by atoms with Crippen LogP contribution in [-0.2, 0) is 16.1 Å². The number of ether oxygens (including phenoxy) is 2. The van der Waals surface area contributed by atoms with Crippen LogP contribution >= 0.6 is 0 Å². The van der Waals surface area contributed by atoms with Gasteiger partial charge < -0.3 is 20.1 Å². The zero-order valence-electron chi connectivity index (χ0n) is 13.2. The molecule has 23 heavy (non-hydrogen) atoms. The van der Waals surface area contributed by atoms with E-state index in [1.807, 2.05) is 24.3 Å². The van der Waals surface area contributed by atoms with Gasteiger partial charge in [0.2, 0.25) is 0 Å². The lowest BCUT2D eigenvalue weighted by Crippen LogP contribution is -2.50. The maximum absolute atomic E-state index is 12.5. The summed E-state index contributed by atoms with van der Waals surface area (Å²) in [5.41, 5.74) is 1.99. The zero-order chi connectivity index (χ0) is 16.4. The average molecular weight is 316 g/mol. The van der Waals surface area contributed by atoms with Crippen molar-refractivity contribution in [1.82, 2.24) is 10.6 Å². The Morgan fingerprint density at radius 2 is 1.96 bits per heavy atom. The molecule has 2 N–H and O–H groups in total. The summed E-state index contributed by atoms with van der Waals surface area (Å²) in [5.74, 6) is 0.703. The molecule has 1 aromatic carbocycles. The fraction of sp³-hybridized carbons (Fsp3) is 0.412. The molecule has 0 radical (unpaired) electrons. The summed E-state index contributed by atoms with van der Waals surface area (Å²) in [6.07, 6.45) is 2.04. The maximum Gasteiger partial charge on any atom is 0.338 e. The fourth-order valence-electron chi connectivity index (χ4n) is 2.73. The lowest BCUT2D eigenvalue weighted by molar-refractivity contribution is -0.140. The molecule has 1 atom stereocenters. The van der Waals surface area contributed by atoms with Crippen LogP contribution in [-0.4, -0.2) is 25.2 Å². The second-order valence-electron chi connectivity index (χ2n) is 5.88. The largest absolute Gasteiger partial charge is 0.497 e. The van der Waals surface area contributed by atoms with Gasteiger partial charge in [0, 0.05) is 5.70 Å². The van der Waals surface area contributed by atoms with Crippen molar-refractivity contribution in [2.24, 2.45) is 5.92 Å². The molecule has 122 valence electrons. The quantitative estimate of drug-likeness (QED) is 0.816. The van der Waals surface area contributed by atoms with Crippen LogP contribution in [0.1, 0.15) is 25.3 Å². The van der Waals surface area contributed by atoms with E-state index in [0.717, 1.165) is 24.2 Å². The number of nitrogens with one attached hydrogen (secondary N) is 2. The predicted octanol–water partition coefficient (Wildman–Crippen LogP) is 2.10. The van der Waals surface area contributed by atoms with E-state index in [4.69, 9.17) is 9.47 Å². The molecule has 1 unspecified atom stereocenters. The normalized spacial score (nSPS) is 20.6. The molecule has 1 heterocycles. The fourth-order valence-corrected chi connectivity index (χ4v) is 2.73. The average Bonchev–Trinajstić information content (AvgIpc) is 3.37. The van der Waals surface area contributed by atoms with Gasteiger partial charge in [0.15, 0.2) is 0 Å². The summed E-state index contributed by atoms with van der Waals surface area (Å²) < 4.78 is 10.5. The number of methoxy groups -OCH3 is 1. The second-order valence-corrected chi connectivity index (χ2v) is 5.88. The SMILES string of the molecule is COc1ccc(COC(=O)C2=C(C)NC(=O)NC2C2CC2)cc1. The maximum atomic E-state index is 12.5. The number of urea groups is 1. The number of amides is 2. The molecule has 6 nitrogen and oxygen atoms in total. The molecule has 6 heteroatoms. The van der Waals surface area contributed by atoms with E-state index < -0.39 is 0 Å². The van der Waals surface area contributed by atoms with Gasteiger partial charge in [-0.25, -0.2) is 9.59 Å². The summed E-state index contributed by atoms with van der Waals surface area (Å²) in [7, 11) is 1.60. The minimum Gasteiger partial charge on any atom is -0.497 e. The Hall–Kier alpha value is -2.50. The van der Waals surface area contributed by atoms with Gasteiger partial charge in [-0.2, -0.15) is 0 Å². The number of hydrogen-bond donors (Lipinski definition) is 2. The highest BCUT2D eigenvalue weighted by Gasteiger charge is 2.41. The van der Waals surface area contributed by atoms with E-state index in [1.54, 1.807) is 14.0 Å². The number of carbonyl (C=O) groups is 2. The molecule has 0 bridgehead atoms. The Morgan fingerprint density at radius 3 is 2.57 bits per heavy atom. The minimum atomic E-state index is -0.386. The third-order valence-electron chi connectivity index (χ3n) is 4.14. The molecule has 3 rings (SSSR count). The Balaban J connectivity index is 1.68. The zero-order valence-corrected chi connectivity index (χ0v) is 13.2. The first kappa shape index (κ1) is 15.4. The van der Waals surface area contributed by atoms with E-state index in [2.05, 4.69) is 10.6 Å². The molecular weight excluding hydrogens is 296 g/mol. The van der Waals surface area contributed by atoms with Gasteiger partial charge in [0.05, 0.1) is 18.7 Å². The lowest BCUT2D eigenvalue weighted by Gasteiger charge is -2.27. The molecule has 2 amide bonds. The van der Waals surface area contributed by atoms with Crippen molar-refractivity contribution in [3.8, 4) is 5.75 Å². The van der Waals surface area contributed by atoms with Crippen molar-refractivity contribution < 1.29 is 19.1 Å². The first-order chi connectivity index (χ1) is 11.1. The minimum absolute atomic E-state index is 0.185. The third-order valence-corrected chi connectivity index (χ3v) is 4.14. The molecule has 1 aromatic rings. The highest BCUT2D eigenvalue weighted by Crippen LogP contribution is 2.37. The molecule has 0 spiro atoms. The van der Waals surface area contributed by atoms with Crippen LogP contribution < -0.4 is 15.4 Å². The van der Waals surface area contributed by atoms with Gasteiger partial charge in [-0.05, 0) is 43.4 Å². The van der Waals surface area contributed by atoms with Gasteiger partial charge in [-0.3, -0.25) is 0 Å². The summed E-state index contributed by atoms with van der Waals surface area (Å²) in [6, 6.07) is 6.85. The summed E-state index contributed by atoms with van der Waals surface area (Å²) in [6.45, 7) is 1.92. The number of benzene rings is 1. The van der Waals surface area contributed by atoms with Crippen LogP contribution in [0, 0.1) is 5.92 Å². The van der Waals surface area contributed by atoms with Gasteiger partial charge in [-0.15, -0.1) is 0 Å². The monoisotopic (exact) mass is 316 g/mol. The molecule has 1 saturated carbocycles. The number of rotatable bonds is 5. The number of hydrogen-bond acceptors (Lipinski definition) is 4. The number of allylic oxidation sites excluding steroid dienone is 1. The van der Waals surface area contributed by atoms with Crippen LogP contribution in [0.2, 0.25) is 0 Å². The smallest absolute Gasteiger partial charge is 0.338 e. The van der Waals surface area contributed by atoms with Crippen molar-refractivity contribution in [3.63, 3.8) is 0 Å². The molecule has 1 fully saturated rings. The van der Waals surface area contributed by atoms with Crippen LogP contribution in [0.25, 0.3) is 0 Å². The Morgan fingerprint density at radius 1 is 1.26 bits per heavy atom. The van der Waals surface area contributed by atoms with Crippen molar-refractivity contribution in [2.75, 3.05) is 7.11 Å². The van der Waals surface area contributed by atoms with Crippen molar-refractivity contribution in [2.45, 2.75) is 32.4 Å². The van der Waals surface area contributed by atoms with E-state index in [-0.39, 0.29) is 24.6 Å². The van der Waals surface area contributed by atoms with Crippen molar-refractivity contribution in [1.29, 1.82) is 0 Å². The van der Waals surface area contributed by atoms with Crippen molar-refractivity contribution in [3.05, 3.63) is 41.1 Å². The van der Waals surface area contributed by atoms with Gasteiger partial charge >= 0.3 is 12.0 Å². The molecule has 1 aliphatic carbocycles. The van der Waals surface area contributed by atoms with Crippen LogP contribution in [0.5, 0.6) is 5.75 Å². The summed E-state index contributed by atoms with van der Waals surface area (Å²) in [5, 5.41) is 5.48. The highest BCUT2D eigenvalue weighted by atomic mass is 16.5. The molecule has 0 aromatic heterocycles. The summed E-state index contributed by atoms with van der Waals surface area (Å²) >= 11 is 0. The lowest BCUT2D eigenvalue weighted by atomic mass is 9.99. The number of carbonyl (C=O) groups excluding carboxylic acids is 2. The Bertz CT molecular complexity index is 647. The molecule has 2 aliphatic rings. The van der Waals surface area contributed by atoms with Crippen molar-refractivity contribution >= 4 is 12.0 Å². The van der Waals surface area contributed by atoms with Crippen LogP contribution in [0.15, 0.2) is 35.5 Å². The summed E-state index contributed by atoms with van der Waals surface area (Å²) in [4.78, 5) is 24.1. The third kappa shape index (κ3) is 3.47. The molecule has 0 saturated heterocycles.